The van der Waals surface area contributed by atoms with Gasteiger partial charge in [-0.1, -0.05) is 23.7 Å². The number of aliphatic hydroxyl groups excluding tert-OH is 2. The van der Waals surface area contributed by atoms with Gasteiger partial charge in [0.1, 0.15) is 5.82 Å². The first kappa shape index (κ1) is 10.4. The Morgan fingerprint density at radius 2 is 2.15 bits per heavy atom. The molecule has 2 N–H and O–H groups in total. The van der Waals surface area contributed by atoms with E-state index in [-0.39, 0.29) is 23.6 Å². The van der Waals surface area contributed by atoms with Crippen LogP contribution in [0.15, 0.2) is 18.2 Å². The summed E-state index contributed by atoms with van der Waals surface area (Å²) in [4.78, 5) is 0. The Kier molecular flexibility index (Phi) is 3.66. The standard InChI is InChI=1S/C9H10ClFO2/c10-7-3-1-2-6(9(7)11)8(13)4-5-12/h1-3,8,12-13H,4-5H2. The van der Waals surface area contributed by atoms with E-state index < -0.39 is 11.9 Å². The molecule has 0 bridgehead atoms. The van der Waals surface area contributed by atoms with Crippen molar-refractivity contribution in [2.45, 2.75) is 12.5 Å². The van der Waals surface area contributed by atoms with E-state index in [9.17, 15) is 9.50 Å². The molecule has 0 amide bonds. The predicted molar refractivity (Wildman–Crippen MR) is 48.1 cm³/mol. The summed E-state index contributed by atoms with van der Waals surface area (Å²) in [6, 6.07) is 4.41. The highest BCUT2D eigenvalue weighted by Gasteiger charge is 2.13. The third-order valence-corrected chi connectivity index (χ3v) is 2.03. The zero-order valence-corrected chi connectivity index (χ0v) is 7.63. The summed E-state index contributed by atoms with van der Waals surface area (Å²) < 4.78 is 13.2. The van der Waals surface area contributed by atoms with Crippen LogP contribution in [-0.2, 0) is 0 Å². The second kappa shape index (κ2) is 4.56. The van der Waals surface area contributed by atoms with E-state index in [0.717, 1.165) is 0 Å². The van der Waals surface area contributed by atoms with Crippen LogP contribution in [-0.4, -0.2) is 16.8 Å². The molecule has 0 aromatic heterocycles. The predicted octanol–water partition coefficient (Wildman–Crippen LogP) is 1.89. The molecule has 0 spiro atoms. The van der Waals surface area contributed by atoms with Crippen LogP contribution in [0.2, 0.25) is 5.02 Å². The SMILES string of the molecule is OCCC(O)c1cccc(Cl)c1F. The van der Waals surface area contributed by atoms with Crippen LogP contribution in [0.3, 0.4) is 0 Å². The lowest BCUT2D eigenvalue weighted by atomic mass is 10.1. The fourth-order valence-electron chi connectivity index (χ4n) is 1.06. The van der Waals surface area contributed by atoms with Crippen LogP contribution in [0.4, 0.5) is 4.39 Å². The van der Waals surface area contributed by atoms with Gasteiger partial charge in [0.2, 0.25) is 0 Å². The van der Waals surface area contributed by atoms with Gasteiger partial charge in [-0.25, -0.2) is 4.39 Å². The minimum absolute atomic E-state index is 0.0190. The molecule has 2 nitrogen and oxygen atoms in total. The molecule has 0 aliphatic rings. The third kappa shape index (κ3) is 2.40. The lowest BCUT2D eigenvalue weighted by Crippen LogP contribution is -2.03. The smallest absolute Gasteiger partial charge is 0.147 e. The fourth-order valence-corrected chi connectivity index (χ4v) is 1.24. The minimum atomic E-state index is -0.997. The van der Waals surface area contributed by atoms with Gasteiger partial charge >= 0.3 is 0 Å². The molecule has 0 fully saturated rings. The molecule has 4 heteroatoms. The first-order valence-electron chi connectivity index (χ1n) is 3.89. The van der Waals surface area contributed by atoms with Crippen molar-refractivity contribution in [1.82, 2.24) is 0 Å². The van der Waals surface area contributed by atoms with Crippen LogP contribution >= 0.6 is 11.6 Å². The molecule has 0 radical (unpaired) electrons. The monoisotopic (exact) mass is 204 g/mol. The number of halogens is 2. The van der Waals surface area contributed by atoms with E-state index in [0.29, 0.717) is 0 Å². The number of hydrogen-bond donors (Lipinski definition) is 2. The number of rotatable bonds is 3. The first-order chi connectivity index (χ1) is 6.16. The maximum absolute atomic E-state index is 13.2. The highest BCUT2D eigenvalue weighted by Crippen LogP contribution is 2.24. The fraction of sp³-hybridized carbons (Fsp3) is 0.333. The van der Waals surface area contributed by atoms with Crippen molar-refractivity contribution in [2.75, 3.05) is 6.61 Å². The van der Waals surface area contributed by atoms with Gasteiger partial charge in [0.15, 0.2) is 0 Å². The van der Waals surface area contributed by atoms with Gasteiger partial charge in [0.05, 0.1) is 11.1 Å². The van der Waals surface area contributed by atoms with Crippen molar-refractivity contribution in [3.05, 3.63) is 34.6 Å². The second-order valence-electron chi connectivity index (χ2n) is 2.67. The molecule has 1 unspecified atom stereocenters. The van der Waals surface area contributed by atoms with Crippen LogP contribution in [0, 0.1) is 5.82 Å². The van der Waals surface area contributed by atoms with E-state index in [4.69, 9.17) is 16.7 Å². The lowest BCUT2D eigenvalue weighted by Gasteiger charge is -2.10. The van der Waals surface area contributed by atoms with Gasteiger partial charge < -0.3 is 10.2 Å². The summed E-state index contributed by atoms with van der Waals surface area (Å²) in [5, 5.41) is 17.9. The summed E-state index contributed by atoms with van der Waals surface area (Å²) in [5.74, 6) is -0.620. The summed E-state index contributed by atoms with van der Waals surface area (Å²) in [6.07, 6.45) is -0.888. The number of benzene rings is 1. The molecule has 0 saturated heterocycles. The van der Waals surface area contributed by atoms with E-state index in [1.165, 1.54) is 12.1 Å². The Morgan fingerprint density at radius 3 is 2.77 bits per heavy atom. The van der Waals surface area contributed by atoms with Crippen LogP contribution in [0.25, 0.3) is 0 Å². The van der Waals surface area contributed by atoms with Gasteiger partial charge in [-0.2, -0.15) is 0 Å². The van der Waals surface area contributed by atoms with Gasteiger partial charge in [-0.3, -0.25) is 0 Å². The van der Waals surface area contributed by atoms with Gasteiger partial charge in [-0.15, -0.1) is 0 Å². The molecule has 0 aliphatic carbocycles. The zero-order valence-electron chi connectivity index (χ0n) is 6.87. The molecule has 72 valence electrons. The molecule has 13 heavy (non-hydrogen) atoms. The van der Waals surface area contributed by atoms with Crippen molar-refractivity contribution in [2.24, 2.45) is 0 Å². The Morgan fingerprint density at radius 1 is 1.46 bits per heavy atom. The van der Waals surface area contributed by atoms with Crippen LogP contribution in [0.5, 0.6) is 0 Å². The topological polar surface area (TPSA) is 40.5 Å². The maximum Gasteiger partial charge on any atom is 0.147 e. The highest BCUT2D eigenvalue weighted by atomic mass is 35.5. The van der Waals surface area contributed by atoms with Crippen molar-refractivity contribution in [3.8, 4) is 0 Å². The Bertz CT molecular complexity index is 291. The van der Waals surface area contributed by atoms with Gasteiger partial charge in [0, 0.05) is 18.6 Å². The van der Waals surface area contributed by atoms with Crippen molar-refractivity contribution in [1.29, 1.82) is 0 Å². The maximum atomic E-state index is 13.2. The van der Waals surface area contributed by atoms with Crippen molar-refractivity contribution >= 4 is 11.6 Å². The molecule has 1 rings (SSSR count). The third-order valence-electron chi connectivity index (χ3n) is 1.74. The van der Waals surface area contributed by atoms with Crippen molar-refractivity contribution < 1.29 is 14.6 Å². The summed E-state index contributed by atoms with van der Waals surface area (Å²) >= 11 is 5.51. The lowest BCUT2D eigenvalue weighted by molar-refractivity contribution is 0.131. The van der Waals surface area contributed by atoms with E-state index in [2.05, 4.69) is 0 Å². The van der Waals surface area contributed by atoms with Gasteiger partial charge in [-0.05, 0) is 6.07 Å². The summed E-state index contributed by atoms with van der Waals surface area (Å²) in [6.45, 7) is -0.187. The quantitative estimate of drug-likeness (QED) is 0.790. The second-order valence-corrected chi connectivity index (χ2v) is 3.08. The van der Waals surface area contributed by atoms with Crippen molar-refractivity contribution in [3.63, 3.8) is 0 Å². The Labute approximate surface area is 80.6 Å². The summed E-state index contributed by atoms with van der Waals surface area (Å²) in [7, 11) is 0. The Hall–Kier alpha value is -0.640. The molecule has 1 aromatic rings. The highest BCUT2D eigenvalue weighted by molar-refractivity contribution is 6.30. The molecular formula is C9H10ClFO2. The molecule has 0 saturated carbocycles. The number of hydrogen-bond acceptors (Lipinski definition) is 2. The minimum Gasteiger partial charge on any atom is -0.396 e. The first-order valence-corrected chi connectivity index (χ1v) is 4.27. The molecule has 1 aromatic carbocycles. The zero-order chi connectivity index (χ0) is 9.84. The molecule has 0 aliphatic heterocycles. The van der Waals surface area contributed by atoms with E-state index >= 15 is 0 Å². The van der Waals surface area contributed by atoms with Gasteiger partial charge in [0.25, 0.3) is 0 Å². The summed E-state index contributed by atoms with van der Waals surface area (Å²) in [5.41, 5.74) is 0.126. The molecule has 0 heterocycles. The average molecular weight is 205 g/mol. The molecule has 1 atom stereocenters. The Balaban J connectivity index is 2.93. The largest absolute Gasteiger partial charge is 0.396 e. The van der Waals surface area contributed by atoms with E-state index in [1.807, 2.05) is 0 Å². The average Bonchev–Trinajstić information content (AvgIpc) is 2.10. The molecular weight excluding hydrogens is 195 g/mol. The number of aliphatic hydroxyl groups is 2. The van der Waals surface area contributed by atoms with E-state index in [1.54, 1.807) is 6.07 Å². The van der Waals surface area contributed by atoms with Crippen LogP contribution in [0.1, 0.15) is 18.1 Å². The van der Waals surface area contributed by atoms with Crippen LogP contribution < -0.4 is 0 Å². The normalized spacial score (nSPS) is 12.9.